The Labute approximate surface area is 106 Å². The van der Waals surface area contributed by atoms with E-state index in [0.29, 0.717) is 11.3 Å². The molecule has 1 heterocycles. The lowest BCUT2D eigenvalue weighted by Crippen LogP contribution is -2.24. The second-order valence-corrected chi connectivity index (χ2v) is 4.20. The van der Waals surface area contributed by atoms with E-state index >= 15 is 0 Å². The average molecular weight is 245 g/mol. The highest BCUT2D eigenvalue weighted by Crippen LogP contribution is 2.19. The van der Waals surface area contributed by atoms with E-state index in [0.717, 1.165) is 25.9 Å². The number of Topliss-reactive ketones (excluding diaryl/α,β-unsaturated/α-hetero) is 1. The van der Waals surface area contributed by atoms with Crippen molar-refractivity contribution >= 4 is 5.78 Å². The summed E-state index contributed by atoms with van der Waals surface area (Å²) in [7, 11) is 0. The van der Waals surface area contributed by atoms with E-state index in [4.69, 9.17) is 14.7 Å². The normalized spacial score (nSPS) is 18.9. The molecule has 94 valence electrons. The van der Waals surface area contributed by atoms with Crippen molar-refractivity contribution in [2.75, 3.05) is 6.61 Å². The molecule has 0 N–H and O–H groups in total. The Kier molecular flexibility index (Phi) is 4.32. The SMILES string of the molecule is N#CCC(=O)c1ccc(OC2CCCCO2)cc1. The fourth-order valence-corrected chi connectivity index (χ4v) is 1.85. The van der Waals surface area contributed by atoms with Crippen molar-refractivity contribution in [1.82, 2.24) is 0 Å². The van der Waals surface area contributed by atoms with E-state index in [2.05, 4.69) is 0 Å². The number of ketones is 1. The molecule has 0 aromatic heterocycles. The summed E-state index contributed by atoms with van der Waals surface area (Å²) in [4.78, 5) is 11.5. The summed E-state index contributed by atoms with van der Waals surface area (Å²) in [6.45, 7) is 0.739. The first-order valence-corrected chi connectivity index (χ1v) is 6.08. The lowest BCUT2D eigenvalue weighted by atomic mass is 10.1. The highest BCUT2D eigenvalue weighted by atomic mass is 16.7. The second kappa shape index (κ2) is 6.18. The molecule has 1 aromatic carbocycles. The number of benzene rings is 1. The van der Waals surface area contributed by atoms with Gasteiger partial charge in [-0.15, -0.1) is 0 Å². The summed E-state index contributed by atoms with van der Waals surface area (Å²) in [6.07, 6.45) is 2.82. The molecule has 2 rings (SSSR count). The molecule has 4 heteroatoms. The maximum atomic E-state index is 11.5. The lowest BCUT2D eigenvalue weighted by Gasteiger charge is -2.23. The zero-order valence-electron chi connectivity index (χ0n) is 10.1. The van der Waals surface area contributed by atoms with Gasteiger partial charge in [-0.25, -0.2) is 0 Å². The number of hydrogen-bond donors (Lipinski definition) is 0. The number of ether oxygens (including phenoxy) is 2. The minimum absolute atomic E-state index is 0.0913. The smallest absolute Gasteiger partial charge is 0.199 e. The molecule has 1 aliphatic heterocycles. The molecule has 0 saturated carbocycles. The van der Waals surface area contributed by atoms with Gasteiger partial charge in [0.25, 0.3) is 0 Å². The molecular weight excluding hydrogens is 230 g/mol. The molecule has 0 radical (unpaired) electrons. The molecule has 18 heavy (non-hydrogen) atoms. The van der Waals surface area contributed by atoms with Crippen LogP contribution in [-0.4, -0.2) is 18.7 Å². The molecule has 4 nitrogen and oxygen atoms in total. The lowest BCUT2D eigenvalue weighted by molar-refractivity contribution is -0.105. The van der Waals surface area contributed by atoms with Crippen LogP contribution in [0, 0.1) is 11.3 Å². The monoisotopic (exact) mass is 245 g/mol. The summed E-state index contributed by atoms with van der Waals surface area (Å²) < 4.78 is 11.1. The van der Waals surface area contributed by atoms with Crippen molar-refractivity contribution in [3.8, 4) is 11.8 Å². The van der Waals surface area contributed by atoms with Gasteiger partial charge in [0.1, 0.15) is 5.75 Å². The Hall–Kier alpha value is -1.86. The number of carbonyl (C=O) groups excluding carboxylic acids is 1. The first-order valence-electron chi connectivity index (χ1n) is 6.08. The van der Waals surface area contributed by atoms with Crippen LogP contribution in [0.3, 0.4) is 0 Å². The van der Waals surface area contributed by atoms with Gasteiger partial charge < -0.3 is 9.47 Å². The molecule has 1 saturated heterocycles. The van der Waals surface area contributed by atoms with Gasteiger partial charge in [-0.2, -0.15) is 5.26 Å². The van der Waals surface area contributed by atoms with Gasteiger partial charge in [0.15, 0.2) is 12.1 Å². The van der Waals surface area contributed by atoms with Gasteiger partial charge in [0.05, 0.1) is 19.1 Å². The molecule has 0 bridgehead atoms. The predicted molar refractivity (Wildman–Crippen MR) is 65.2 cm³/mol. The number of carbonyl (C=O) groups is 1. The van der Waals surface area contributed by atoms with Crippen molar-refractivity contribution in [3.05, 3.63) is 29.8 Å². The van der Waals surface area contributed by atoms with Crippen LogP contribution in [0.5, 0.6) is 5.75 Å². The van der Waals surface area contributed by atoms with E-state index in [9.17, 15) is 4.79 Å². The molecule has 1 aromatic rings. The fourth-order valence-electron chi connectivity index (χ4n) is 1.85. The fraction of sp³-hybridized carbons (Fsp3) is 0.429. The predicted octanol–water partition coefficient (Wildman–Crippen LogP) is 2.69. The summed E-state index contributed by atoms with van der Waals surface area (Å²) in [6, 6.07) is 8.68. The summed E-state index contributed by atoms with van der Waals surface area (Å²) >= 11 is 0. The highest BCUT2D eigenvalue weighted by Gasteiger charge is 2.15. The molecular formula is C14H15NO3. The quantitative estimate of drug-likeness (QED) is 0.765. The van der Waals surface area contributed by atoms with Gasteiger partial charge >= 0.3 is 0 Å². The van der Waals surface area contributed by atoms with Gasteiger partial charge in [0.2, 0.25) is 0 Å². The third kappa shape index (κ3) is 3.31. The van der Waals surface area contributed by atoms with Gasteiger partial charge in [0, 0.05) is 12.0 Å². The third-order valence-electron chi connectivity index (χ3n) is 2.82. The Morgan fingerprint density at radius 2 is 2.17 bits per heavy atom. The van der Waals surface area contributed by atoms with Crippen molar-refractivity contribution in [2.45, 2.75) is 32.0 Å². The molecule has 1 unspecified atom stereocenters. The van der Waals surface area contributed by atoms with Crippen LogP contribution in [0.1, 0.15) is 36.0 Å². The van der Waals surface area contributed by atoms with E-state index in [1.165, 1.54) is 0 Å². The van der Waals surface area contributed by atoms with Crippen molar-refractivity contribution in [2.24, 2.45) is 0 Å². The van der Waals surface area contributed by atoms with Gasteiger partial charge in [-0.05, 0) is 37.1 Å². The summed E-state index contributed by atoms with van der Waals surface area (Å²) in [5, 5.41) is 8.46. The third-order valence-corrected chi connectivity index (χ3v) is 2.82. The standard InChI is InChI=1S/C14H15NO3/c15-9-8-13(16)11-4-6-12(7-5-11)18-14-3-1-2-10-17-14/h4-7,14H,1-3,8,10H2. The van der Waals surface area contributed by atoms with Gasteiger partial charge in [-0.3, -0.25) is 4.79 Å². The van der Waals surface area contributed by atoms with E-state index < -0.39 is 0 Å². The Morgan fingerprint density at radius 1 is 1.39 bits per heavy atom. The maximum absolute atomic E-state index is 11.5. The molecule has 0 aliphatic carbocycles. The molecule has 0 spiro atoms. The van der Waals surface area contributed by atoms with Crippen LogP contribution >= 0.6 is 0 Å². The Morgan fingerprint density at radius 3 is 2.78 bits per heavy atom. The first-order chi connectivity index (χ1) is 8.79. The van der Waals surface area contributed by atoms with Crippen LogP contribution in [0.2, 0.25) is 0 Å². The second-order valence-electron chi connectivity index (χ2n) is 4.20. The Bertz CT molecular complexity index is 441. The van der Waals surface area contributed by atoms with Crippen LogP contribution < -0.4 is 4.74 Å². The van der Waals surface area contributed by atoms with Crippen LogP contribution in [-0.2, 0) is 4.74 Å². The number of rotatable bonds is 4. The van der Waals surface area contributed by atoms with E-state index in [1.54, 1.807) is 24.3 Å². The molecule has 1 fully saturated rings. The van der Waals surface area contributed by atoms with Gasteiger partial charge in [-0.1, -0.05) is 0 Å². The van der Waals surface area contributed by atoms with Crippen molar-refractivity contribution in [1.29, 1.82) is 5.26 Å². The number of hydrogen-bond acceptors (Lipinski definition) is 4. The number of nitrogens with zero attached hydrogens (tertiary/aromatic N) is 1. The van der Waals surface area contributed by atoms with Crippen LogP contribution in [0.25, 0.3) is 0 Å². The minimum atomic E-state index is -0.181. The zero-order valence-corrected chi connectivity index (χ0v) is 10.1. The first kappa shape index (κ1) is 12.6. The van der Waals surface area contributed by atoms with Crippen LogP contribution in [0.15, 0.2) is 24.3 Å². The average Bonchev–Trinajstić information content (AvgIpc) is 2.41. The topological polar surface area (TPSA) is 59.3 Å². The largest absolute Gasteiger partial charge is 0.465 e. The summed E-state index contributed by atoms with van der Waals surface area (Å²) in [5.41, 5.74) is 0.536. The highest BCUT2D eigenvalue weighted by molar-refractivity contribution is 5.97. The minimum Gasteiger partial charge on any atom is -0.465 e. The number of nitriles is 1. The van der Waals surface area contributed by atoms with Crippen molar-refractivity contribution < 1.29 is 14.3 Å². The molecule has 0 amide bonds. The van der Waals surface area contributed by atoms with E-state index in [-0.39, 0.29) is 18.5 Å². The molecule has 1 aliphatic rings. The maximum Gasteiger partial charge on any atom is 0.199 e. The van der Waals surface area contributed by atoms with E-state index in [1.807, 2.05) is 6.07 Å². The molecule has 1 atom stereocenters. The van der Waals surface area contributed by atoms with Crippen LogP contribution in [0.4, 0.5) is 0 Å². The van der Waals surface area contributed by atoms with Crippen molar-refractivity contribution in [3.63, 3.8) is 0 Å². The zero-order chi connectivity index (χ0) is 12.8. The Balaban J connectivity index is 1.95. The summed E-state index contributed by atoms with van der Waals surface area (Å²) in [5.74, 6) is 0.522.